The van der Waals surface area contributed by atoms with Crippen molar-refractivity contribution in [1.29, 1.82) is 0 Å². The summed E-state index contributed by atoms with van der Waals surface area (Å²) >= 11 is 5.92. The van der Waals surface area contributed by atoms with Crippen LogP contribution in [0.15, 0.2) is 42.5 Å². The molecule has 6 heteroatoms. The maximum absolute atomic E-state index is 9.82. The van der Waals surface area contributed by atoms with Crippen molar-refractivity contribution in [2.45, 2.75) is 12.7 Å². The van der Waals surface area contributed by atoms with Gasteiger partial charge in [-0.1, -0.05) is 29.8 Å². The zero-order valence-corrected chi connectivity index (χ0v) is 11.4. The van der Waals surface area contributed by atoms with Crippen molar-refractivity contribution < 1.29 is 10.2 Å². The number of nitrogens with zero attached hydrogens (tertiary/aromatic N) is 3. The fourth-order valence-electron chi connectivity index (χ4n) is 2.04. The number of aromatic nitrogens is 3. The monoisotopic (exact) mass is 289 g/mol. The molecule has 0 radical (unpaired) electrons. The molecule has 0 bridgehead atoms. The predicted molar refractivity (Wildman–Crippen MR) is 75.7 cm³/mol. The highest BCUT2D eigenvalue weighted by Gasteiger charge is 2.23. The lowest BCUT2D eigenvalue weighted by Gasteiger charge is -2.19. The van der Waals surface area contributed by atoms with Gasteiger partial charge in [0.25, 0.3) is 0 Å². The molecule has 1 heterocycles. The summed E-state index contributed by atoms with van der Waals surface area (Å²) in [6.07, 6.45) is 0. The first-order valence-electron chi connectivity index (χ1n) is 6.02. The van der Waals surface area contributed by atoms with Crippen LogP contribution in [0.1, 0.15) is 12.5 Å². The van der Waals surface area contributed by atoms with Gasteiger partial charge in [0.05, 0.1) is 5.69 Å². The fraction of sp³-hybridized carbons (Fsp3) is 0.143. The van der Waals surface area contributed by atoms with E-state index in [1.807, 2.05) is 0 Å². The van der Waals surface area contributed by atoms with E-state index in [1.54, 1.807) is 42.5 Å². The summed E-state index contributed by atoms with van der Waals surface area (Å²) in [5, 5.41) is 28.8. The molecule has 0 spiro atoms. The Morgan fingerprint density at radius 3 is 2.50 bits per heavy atom. The molecule has 0 fully saturated rings. The highest BCUT2D eigenvalue weighted by molar-refractivity contribution is 6.31. The minimum absolute atomic E-state index is 0.325. The van der Waals surface area contributed by atoms with Crippen LogP contribution in [0.25, 0.3) is 16.7 Å². The highest BCUT2D eigenvalue weighted by atomic mass is 35.5. The summed E-state index contributed by atoms with van der Waals surface area (Å²) in [5.41, 5.74) is 2.16. The topological polar surface area (TPSA) is 71.2 Å². The van der Waals surface area contributed by atoms with Gasteiger partial charge in [-0.25, -0.2) is 0 Å². The second-order valence-corrected chi connectivity index (χ2v) is 5.10. The molecular formula is C14H12ClN3O2. The zero-order chi connectivity index (χ0) is 14.3. The summed E-state index contributed by atoms with van der Waals surface area (Å²) in [4.78, 5) is 1.38. The van der Waals surface area contributed by atoms with Crippen molar-refractivity contribution in [2.24, 2.45) is 0 Å². The third-order valence-corrected chi connectivity index (χ3v) is 3.21. The van der Waals surface area contributed by atoms with E-state index in [-0.39, 0.29) is 0 Å². The Bertz CT molecular complexity index is 777. The quantitative estimate of drug-likeness (QED) is 0.710. The van der Waals surface area contributed by atoms with Crippen LogP contribution in [0.5, 0.6) is 0 Å². The lowest BCUT2D eigenvalue weighted by molar-refractivity contribution is -0.152. The number of para-hydroxylation sites is 1. The van der Waals surface area contributed by atoms with Crippen molar-refractivity contribution in [1.82, 2.24) is 15.0 Å². The van der Waals surface area contributed by atoms with E-state index in [1.165, 1.54) is 11.7 Å². The first-order valence-corrected chi connectivity index (χ1v) is 6.40. The Morgan fingerprint density at radius 1 is 1.05 bits per heavy atom. The Morgan fingerprint density at radius 2 is 1.75 bits per heavy atom. The minimum atomic E-state index is -1.96. The number of hydrogen-bond acceptors (Lipinski definition) is 4. The van der Waals surface area contributed by atoms with E-state index in [4.69, 9.17) is 11.6 Å². The molecule has 0 saturated carbocycles. The largest absolute Gasteiger partial charge is 0.362 e. The van der Waals surface area contributed by atoms with Crippen LogP contribution in [0.4, 0.5) is 0 Å². The standard InChI is InChI=1S/C14H12ClN3O2/c1-14(19,20)10-4-2-3-5-13(10)18-16-11-7-6-9(15)8-12(11)17-18/h2-8,19-20H,1H3. The second kappa shape index (κ2) is 4.56. The first-order chi connectivity index (χ1) is 9.45. The molecule has 3 aromatic rings. The van der Waals surface area contributed by atoms with Crippen molar-refractivity contribution in [3.8, 4) is 5.69 Å². The Labute approximate surface area is 120 Å². The summed E-state index contributed by atoms with van der Waals surface area (Å²) in [7, 11) is 0. The average Bonchev–Trinajstić information content (AvgIpc) is 2.80. The van der Waals surface area contributed by atoms with Crippen LogP contribution in [-0.4, -0.2) is 25.2 Å². The van der Waals surface area contributed by atoms with E-state index in [9.17, 15) is 10.2 Å². The Kier molecular flexibility index (Phi) is 2.97. The van der Waals surface area contributed by atoms with Crippen molar-refractivity contribution >= 4 is 22.6 Å². The normalized spacial score (nSPS) is 12.0. The van der Waals surface area contributed by atoms with Gasteiger partial charge in [0, 0.05) is 10.6 Å². The molecule has 0 aliphatic heterocycles. The molecule has 0 saturated heterocycles. The van der Waals surface area contributed by atoms with E-state index < -0.39 is 5.79 Å². The van der Waals surface area contributed by atoms with Gasteiger partial charge in [0.15, 0.2) is 5.79 Å². The molecule has 20 heavy (non-hydrogen) atoms. The van der Waals surface area contributed by atoms with Gasteiger partial charge >= 0.3 is 0 Å². The molecule has 0 amide bonds. The van der Waals surface area contributed by atoms with E-state index in [0.29, 0.717) is 27.3 Å². The molecule has 5 nitrogen and oxygen atoms in total. The van der Waals surface area contributed by atoms with Gasteiger partial charge < -0.3 is 10.2 Å². The van der Waals surface area contributed by atoms with Gasteiger partial charge in [-0.15, -0.1) is 15.0 Å². The third kappa shape index (κ3) is 2.27. The van der Waals surface area contributed by atoms with Crippen LogP contribution in [0.3, 0.4) is 0 Å². The molecule has 0 aliphatic rings. The maximum atomic E-state index is 9.82. The number of aliphatic hydroxyl groups is 2. The predicted octanol–water partition coefficient (Wildman–Crippen LogP) is 2.23. The van der Waals surface area contributed by atoms with Crippen molar-refractivity contribution in [3.05, 3.63) is 53.1 Å². The minimum Gasteiger partial charge on any atom is -0.362 e. The summed E-state index contributed by atoms with van der Waals surface area (Å²) < 4.78 is 0. The summed E-state index contributed by atoms with van der Waals surface area (Å²) in [6.45, 7) is 1.30. The smallest absolute Gasteiger partial charge is 0.188 e. The number of fused-ring (bicyclic) bond motifs is 1. The van der Waals surface area contributed by atoms with E-state index in [0.717, 1.165) is 0 Å². The molecule has 2 aromatic carbocycles. The van der Waals surface area contributed by atoms with Crippen LogP contribution < -0.4 is 0 Å². The van der Waals surface area contributed by atoms with Crippen LogP contribution in [-0.2, 0) is 5.79 Å². The number of halogens is 1. The van der Waals surface area contributed by atoms with Crippen molar-refractivity contribution in [3.63, 3.8) is 0 Å². The maximum Gasteiger partial charge on any atom is 0.188 e. The lowest BCUT2D eigenvalue weighted by Crippen LogP contribution is -2.22. The Balaban J connectivity index is 2.21. The van der Waals surface area contributed by atoms with Crippen molar-refractivity contribution in [2.75, 3.05) is 0 Å². The fourth-order valence-corrected chi connectivity index (χ4v) is 2.21. The third-order valence-electron chi connectivity index (χ3n) is 2.97. The van der Waals surface area contributed by atoms with Crippen LogP contribution in [0, 0.1) is 0 Å². The summed E-state index contributed by atoms with van der Waals surface area (Å²) in [5.74, 6) is -1.96. The molecule has 0 aliphatic carbocycles. The molecule has 3 rings (SSSR count). The SMILES string of the molecule is CC(O)(O)c1ccccc1-n1nc2ccc(Cl)cc2n1. The van der Waals surface area contributed by atoms with Gasteiger partial charge in [-0.3, -0.25) is 0 Å². The van der Waals surface area contributed by atoms with Gasteiger partial charge in [-0.05, 0) is 31.2 Å². The van der Waals surface area contributed by atoms with Crippen LogP contribution in [0.2, 0.25) is 5.02 Å². The molecule has 0 atom stereocenters. The van der Waals surface area contributed by atoms with Crippen LogP contribution >= 0.6 is 11.6 Å². The van der Waals surface area contributed by atoms with E-state index >= 15 is 0 Å². The molecule has 102 valence electrons. The molecule has 2 N–H and O–H groups in total. The lowest BCUT2D eigenvalue weighted by atomic mass is 10.1. The van der Waals surface area contributed by atoms with Gasteiger partial charge in [-0.2, -0.15) is 0 Å². The zero-order valence-electron chi connectivity index (χ0n) is 10.7. The molecular weight excluding hydrogens is 278 g/mol. The number of benzene rings is 2. The first kappa shape index (κ1) is 13.1. The average molecular weight is 290 g/mol. The molecule has 0 unspecified atom stereocenters. The van der Waals surface area contributed by atoms with E-state index in [2.05, 4.69) is 10.2 Å². The van der Waals surface area contributed by atoms with Gasteiger partial charge in [0.2, 0.25) is 0 Å². The number of hydrogen-bond donors (Lipinski definition) is 2. The summed E-state index contributed by atoms with van der Waals surface area (Å²) in [6, 6.07) is 12.1. The van der Waals surface area contributed by atoms with Gasteiger partial charge in [0.1, 0.15) is 11.0 Å². The number of rotatable bonds is 2. The Hall–Kier alpha value is -1.95. The molecule has 1 aromatic heterocycles. The highest BCUT2D eigenvalue weighted by Crippen LogP contribution is 2.25. The second-order valence-electron chi connectivity index (χ2n) is 4.66.